The highest BCUT2D eigenvalue weighted by atomic mass is 16.1. The molecule has 3 rings (SSSR count). The molecule has 1 atom stereocenters. The van der Waals surface area contributed by atoms with Gasteiger partial charge in [0, 0.05) is 49.7 Å². The SMILES string of the molecule is O=c1ncc2c([nH]1)CCCC2N1CCNCC1. The molecule has 1 saturated heterocycles. The summed E-state index contributed by atoms with van der Waals surface area (Å²) in [5, 5.41) is 3.37. The van der Waals surface area contributed by atoms with Crippen LogP contribution in [0.5, 0.6) is 0 Å². The van der Waals surface area contributed by atoms with Gasteiger partial charge < -0.3 is 10.3 Å². The molecule has 17 heavy (non-hydrogen) atoms. The van der Waals surface area contributed by atoms with Crippen LogP contribution in [-0.4, -0.2) is 41.0 Å². The summed E-state index contributed by atoms with van der Waals surface area (Å²) >= 11 is 0. The van der Waals surface area contributed by atoms with Crippen molar-refractivity contribution in [2.24, 2.45) is 0 Å². The predicted molar refractivity (Wildman–Crippen MR) is 65.0 cm³/mol. The molecule has 1 aromatic rings. The summed E-state index contributed by atoms with van der Waals surface area (Å²) in [7, 11) is 0. The molecule has 0 radical (unpaired) electrons. The van der Waals surface area contributed by atoms with Gasteiger partial charge in [0.15, 0.2) is 0 Å². The maximum absolute atomic E-state index is 11.2. The zero-order valence-corrected chi connectivity index (χ0v) is 9.91. The highest BCUT2D eigenvalue weighted by molar-refractivity contribution is 5.23. The Hall–Kier alpha value is -1.20. The summed E-state index contributed by atoms with van der Waals surface area (Å²) < 4.78 is 0. The van der Waals surface area contributed by atoms with E-state index in [9.17, 15) is 4.79 Å². The van der Waals surface area contributed by atoms with Gasteiger partial charge in [0.2, 0.25) is 0 Å². The van der Waals surface area contributed by atoms with E-state index in [2.05, 4.69) is 20.2 Å². The first-order chi connectivity index (χ1) is 8.34. The van der Waals surface area contributed by atoms with Crippen molar-refractivity contribution in [1.82, 2.24) is 20.2 Å². The van der Waals surface area contributed by atoms with Gasteiger partial charge in [-0.2, -0.15) is 0 Å². The molecular weight excluding hydrogens is 216 g/mol. The van der Waals surface area contributed by atoms with Gasteiger partial charge in [0.1, 0.15) is 0 Å². The molecule has 1 fully saturated rings. The second-order valence-corrected chi connectivity index (χ2v) is 4.82. The lowest BCUT2D eigenvalue weighted by atomic mass is 9.91. The monoisotopic (exact) mass is 234 g/mol. The van der Waals surface area contributed by atoms with E-state index >= 15 is 0 Å². The molecule has 0 saturated carbocycles. The Morgan fingerprint density at radius 1 is 1.35 bits per heavy atom. The molecule has 1 aliphatic carbocycles. The molecule has 0 aromatic carbocycles. The number of H-pyrrole nitrogens is 1. The Kier molecular flexibility index (Phi) is 2.94. The molecule has 0 amide bonds. The van der Waals surface area contributed by atoms with Gasteiger partial charge in [-0.3, -0.25) is 4.90 Å². The minimum absolute atomic E-state index is 0.218. The van der Waals surface area contributed by atoms with E-state index in [0.717, 1.165) is 44.7 Å². The lowest BCUT2D eigenvalue weighted by molar-refractivity contribution is 0.156. The van der Waals surface area contributed by atoms with Crippen molar-refractivity contribution in [2.45, 2.75) is 25.3 Å². The second kappa shape index (κ2) is 4.58. The molecule has 2 heterocycles. The van der Waals surface area contributed by atoms with Crippen LogP contribution in [0.3, 0.4) is 0 Å². The van der Waals surface area contributed by atoms with E-state index in [4.69, 9.17) is 0 Å². The van der Waals surface area contributed by atoms with Crippen LogP contribution in [0, 0.1) is 0 Å². The number of piperazine rings is 1. The predicted octanol–water partition coefficient (Wildman–Crippen LogP) is 0.0525. The number of rotatable bonds is 1. The van der Waals surface area contributed by atoms with Crippen molar-refractivity contribution >= 4 is 0 Å². The van der Waals surface area contributed by atoms with E-state index in [-0.39, 0.29) is 5.69 Å². The van der Waals surface area contributed by atoms with Crippen molar-refractivity contribution in [3.63, 3.8) is 0 Å². The van der Waals surface area contributed by atoms with Crippen LogP contribution < -0.4 is 11.0 Å². The van der Waals surface area contributed by atoms with Crippen molar-refractivity contribution in [3.05, 3.63) is 27.9 Å². The molecule has 92 valence electrons. The number of hydrogen-bond acceptors (Lipinski definition) is 4. The average molecular weight is 234 g/mol. The first-order valence-corrected chi connectivity index (χ1v) is 6.37. The first kappa shape index (κ1) is 10.9. The summed E-state index contributed by atoms with van der Waals surface area (Å²) in [5.41, 5.74) is 2.11. The van der Waals surface area contributed by atoms with Gasteiger partial charge in [-0.05, 0) is 19.3 Å². The van der Waals surface area contributed by atoms with Crippen molar-refractivity contribution < 1.29 is 0 Å². The molecule has 0 bridgehead atoms. The van der Waals surface area contributed by atoms with E-state index in [0.29, 0.717) is 6.04 Å². The summed E-state index contributed by atoms with van der Waals surface area (Å²) in [6.07, 6.45) is 5.10. The van der Waals surface area contributed by atoms with Crippen LogP contribution in [0.15, 0.2) is 11.0 Å². The van der Waals surface area contributed by atoms with Gasteiger partial charge >= 0.3 is 5.69 Å². The van der Waals surface area contributed by atoms with E-state index in [1.54, 1.807) is 6.20 Å². The smallest absolute Gasteiger partial charge is 0.314 e. The van der Waals surface area contributed by atoms with Crippen LogP contribution in [0.25, 0.3) is 0 Å². The maximum atomic E-state index is 11.2. The fraction of sp³-hybridized carbons (Fsp3) is 0.667. The van der Waals surface area contributed by atoms with Crippen LogP contribution >= 0.6 is 0 Å². The Bertz CT molecular complexity index is 450. The van der Waals surface area contributed by atoms with E-state index in [1.807, 2.05) is 0 Å². The lowest BCUT2D eigenvalue weighted by Crippen LogP contribution is -2.46. The van der Waals surface area contributed by atoms with Gasteiger partial charge in [-0.1, -0.05) is 0 Å². The Labute approximate surface area is 100 Å². The molecule has 5 nitrogen and oxygen atoms in total. The summed E-state index contributed by atoms with van der Waals surface area (Å²) in [5.74, 6) is 0. The number of nitrogens with one attached hydrogen (secondary N) is 2. The standard InChI is InChI=1S/C12H18N4O/c17-12-14-8-9-10(15-12)2-1-3-11(9)16-6-4-13-5-7-16/h8,11,13H,1-7H2,(H,14,15,17). The highest BCUT2D eigenvalue weighted by Crippen LogP contribution is 2.32. The van der Waals surface area contributed by atoms with Crippen LogP contribution in [-0.2, 0) is 6.42 Å². The quantitative estimate of drug-likeness (QED) is 0.721. The normalized spacial score (nSPS) is 25.5. The molecule has 0 spiro atoms. The zero-order chi connectivity index (χ0) is 11.7. The minimum Gasteiger partial charge on any atom is -0.314 e. The zero-order valence-electron chi connectivity index (χ0n) is 9.91. The summed E-state index contributed by atoms with van der Waals surface area (Å²) in [6.45, 7) is 4.29. The Morgan fingerprint density at radius 3 is 3.00 bits per heavy atom. The molecule has 2 aliphatic rings. The van der Waals surface area contributed by atoms with Crippen LogP contribution in [0.2, 0.25) is 0 Å². The van der Waals surface area contributed by atoms with Crippen molar-refractivity contribution in [3.8, 4) is 0 Å². The largest absolute Gasteiger partial charge is 0.345 e. The van der Waals surface area contributed by atoms with Crippen molar-refractivity contribution in [1.29, 1.82) is 0 Å². The van der Waals surface area contributed by atoms with E-state index in [1.165, 1.54) is 12.0 Å². The summed E-state index contributed by atoms with van der Waals surface area (Å²) in [4.78, 5) is 20.5. The number of aryl methyl sites for hydroxylation is 1. The van der Waals surface area contributed by atoms with Gasteiger partial charge in [-0.25, -0.2) is 9.78 Å². The lowest BCUT2D eigenvalue weighted by Gasteiger charge is -2.37. The number of aromatic amines is 1. The first-order valence-electron chi connectivity index (χ1n) is 6.37. The topological polar surface area (TPSA) is 61.0 Å². The minimum atomic E-state index is -0.218. The molecule has 1 aliphatic heterocycles. The maximum Gasteiger partial charge on any atom is 0.345 e. The third-order valence-electron chi connectivity index (χ3n) is 3.78. The second-order valence-electron chi connectivity index (χ2n) is 4.82. The molecule has 1 aromatic heterocycles. The van der Waals surface area contributed by atoms with Crippen LogP contribution in [0.4, 0.5) is 0 Å². The number of hydrogen-bond donors (Lipinski definition) is 2. The Morgan fingerprint density at radius 2 is 2.18 bits per heavy atom. The third kappa shape index (κ3) is 2.12. The van der Waals surface area contributed by atoms with Crippen molar-refractivity contribution in [2.75, 3.05) is 26.2 Å². The van der Waals surface area contributed by atoms with Gasteiger partial charge in [-0.15, -0.1) is 0 Å². The fourth-order valence-electron chi connectivity index (χ4n) is 2.93. The number of fused-ring (bicyclic) bond motifs is 1. The van der Waals surface area contributed by atoms with E-state index < -0.39 is 0 Å². The molecular formula is C12H18N4O. The number of nitrogens with zero attached hydrogens (tertiary/aromatic N) is 2. The third-order valence-corrected chi connectivity index (χ3v) is 3.78. The fourth-order valence-corrected chi connectivity index (χ4v) is 2.93. The van der Waals surface area contributed by atoms with Gasteiger partial charge in [0.25, 0.3) is 0 Å². The molecule has 1 unspecified atom stereocenters. The number of aromatic nitrogens is 2. The molecule has 5 heteroatoms. The molecule has 2 N–H and O–H groups in total. The average Bonchev–Trinajstić information content (AvgIpc) is 2.39. The van der Waals surface area contributed by atoms with Gasteiger partial charge in [0.05, 0.1) is 0 Å². The summed E-state index contributed by atoms with van der Waals surface area (Å²) in [6, 6.07) is 0.449. The Balaban J connectivity index is 1.90. The highest BCUT2D eigenvalue weighted by Gasteiger charge is 2.27. The van der Waals surface area contributed by atoms with Crippen LogP contribution in [0.1, 0.15) is 30.1 Å².